The summed E-state index contributed by atoms with van der Waals surface area (Å²) in [6.07, 6.45) is 0. The lowest BCUT2D eigenvalue weighted by molar-refractivity contribution is 0.101. The van der Waals surface area contributed by atoms with Gasteiger partial charge in [0, 0.05) is 11.4 Å². The highest BCUT2D eigenvalue weighted by Gasteiger charge is 2.22. The lowest BCUT2D eigenvalue weighted by atomic mass is 9.98. The van der Waals surface area contributed by atoms with Crippen LogP contribution < -0.4 is 10.6 Å². The molecule has 0 radical (unpaired) electrons. The van der Waals surface area contributed by atoms with Gasteiger partial charge >= 0.3 is 0 Å². The van der Waals surface area contributed by atoms with Gasteiger partial charge in [0.05, 0.1) is 24.2 Å². The first-order valence-corrected chi connectivity index (χ1v) is 12.1. The number of anilines is 2. The van der Waals surface area contributed by atoms with Crippen molar-refractivity contribution in [2.24, 2.45) is 0 Å². The van der Waals surface area contributed by atoms with E-state index < -0.39 is 0 Å². The Bertz CT molecular complexity index is 1750. The van der Waals surface area contributed by atoms with Gasteiger partial charge in [0.15, 0.2) is 11.6 Å². The van der Waals surface area contributed by atoms with E-state index in [1.54, 1.807) is 0 Å². The molecule has 0 saturated heterocycles. The van der Waals surface area contributed by atoms with Crippen molar-refractivity contribution >= 4 is 66.0 Å². The minimum atomic E-state index is 0.186. The number of hydrogen-bond acceptors (Lipinski definition) is 4. The second-order valence-corrected chi connectivity index (χ2v) is 9.37. The molecule has 0 amide bonds. The molecule has 0 saturated carbocycles. The minimum absolute atomic E-state index is 0.186. The summed E-state index contributed by atoms with van der Waals surface area (Å²) >= 11 is 0. The van der Waals surface area contributed by atoms with Crippen LogP contribution >= 0.6 is 0 Å². The zero-order valence-electron chi connectivity index (χ0n) is 19.5. The summed E-state index contributed by atoms with van der Waals surface area (Å²) in [6.45, 7) is 0.836. The van der Waals surface area contributed by atoms with Gasteiger partial charge in [-0.05, 0) is 79.5 Å². The number of ketones is 2. The summed E-state index contributed by atoms with van der Waals surface area (Å²) in [5, 5.41) is 15.4. The molecule has 4 heteroatoms. The van der Waals surface area contributed by atoms with Crippen LogP contribution in [0.3, 0.4) is 0 Å². The molecule has 0 aliphatic carbocycles. The third kappa shape index (κ3) is 3.23. The maximum absolute atomic E-state index is 12.0. The second kappa shape index (κ2) is 7.92. The van der Waals surface area contributed by atoms with Crippen LogP contribution in [0.25, 0.3) is 43.1 Å². The summed E-state index contributed by atoms with van der Waals surface area (Å²) in [7, 11) is 0. The number of hydrogen-bond donors (Lipinski definition) is 2. The number of carbonyl (C=O) groups is 2. The molecule has 8 rings (SSSR count). The molecule has 0 aromatic heterocycles. The Balaban J connectivity index is 0.000000122. The Kier molecular flexibility index (Phi) is 4.55. The second-order valence-electron chi connectivity index (χ2n) is 9.37. The molecule has 2 N–H and O–H groups in total. The highest BCUT2D eigenvalue weighted by atomic mass is 16.1. The van der Waals surface area contributed by atoms with Crippen LogP contribution in [0.1, 0.15) is 20.7 Å². The van der Waals surface area contributed by atoms with E-state index in [1.165, 1.54) is 21.5 Å². The fourth-order valence-electron chi connectivity index (χ4n) is 5.45. The molecule has 0 fully saturated rings. The summed E-state index contributed by atoms with van der Waals surface area (Å²) in [5.74, 6) is 0.372. The molecule has 2 heterocycles. The van der Waals surface area contributed by atoms with Gasteiger partial charge in [0.25, 0.3) is 0 Å². The largest absolute Gasteiger partial charge is 0.377 e. The maximum atomic E-state index is 12.0. The maximum Gasteiger partial charge on any atom is 0.184 e. The highest BCUT2D eigenvalue weighted by molar-refractivity contribution is 6.20. The summed E-state index contributed by atoms with van der Waals surface area (Å²) < 4.78 is 0. The first-order valence-electron chi connectivity index (χ1n) is 12.1. The number of nitrogens with one attached hydrogen (secondary N) is 2. The van der Waals surface area contributed by atoms with Crippen molar-refractivity contribution in [3.63, 3.8) is 0 Å². The highest BCUT2D eigenvalue weighted by Crippen LogP contribution is 2.34. The number of rotatable bonds is 0. The number of Topliss-reactive ketones (excluding diaryl/α,β-unsaturated/α-hetero) is 2. The molecule has 2 aliphatic rings. The molecule has 6 aromatic rings. The predicted molar refractivity (Wildman–Crippen MR) is 149 cm³/mol. The molecule has 6 aromatic carbocycles. The number of fused-ring (bicyclic) bond motifs is 8. The SMILES string of the molecule is O=C1CNc2ccc3cc4ccccc4cc3c21.O=C1CNc2ccc3cc4ccccc4cc3c21. The van der Waals surface area contributed by atoms with E-state index in [9.17, 15) is 9.59 Å². The van der Waals surface area contributed by atoms with Crippen molar-refractivity contribution in [3.05, 3.63) is 108 Å². The normalized spacial score (nSPS) is 13.9. The molecule has 4 nitrogen and oxygen atoms in total. The topological polar surface area (TPSA) is 58.2 Å². The van der Waals surface area contributed by atoms with E-state index in [0.717, 1.165) is 44.0 Å². The van der Waals surface area contributed by atoms with Gasteiger partial charge in [-0.2, -0.15) is 0 Å². The quantitative estimate of drug-likeness (QED) is 0.232. The van der Waals surface area contributed by atoms with Crippen LogP contribution in [-0.4, -0.2) is 24.7 Å². The van der Waals surface area contributed by atoms with Gasteiger partial charge in [-0.1, -0.05) is 60.7 Å². The number of benzene rings is 6. The Hall–Kier alpha value is -4.70. The Morgan fingerprint density at radius 1 is 0.444 bits per heavy atom. The van der Waals surface area contributed by atoms with Crippen LogP contribution in [-0.2, 0) is 0 Å². The average Bonchev–Trinajstić information content (AvgIpc) is 3.49. The van der Waals surface area contributed by atoms with Crippen LogP contribution in [0.5, 0.6) is 0 Å². The van der Waals surface area contributed by atoms with Crippen molar-refractivity contribution in [2.75, 3.05) is 23.7 Å². The molecular weight excluding hydrogens is 444 g/mol. The van der Waals surface area contributed by atoms with Crippen molar-refractivity contribution < 1.29 is 9.59 Å². The van der Waals surface area contributed by atoms with Gasteiger partial charge in [0.1, 0.15) is 0 Å². The van der Waals surface area contributed by atoms with Gasteiger partial charge in [-0.15, -0.1) is 0 Å². The zero-order chi connectivity index (χ0) is 24.2. The van der Waals surface area contributed by atoms with Crippen molar-refractivity contribution in [3.8, 4) is 0 Å². The first kappa shape index (κ1) is 20.7. The van der Waals surface area contributed by atoms with Crippen molar-refractivity contribution in [1.82, 2.24) is 0 Å². The Morgan fingerprint density at radius 2 is 0.833 bits per heavy atom. The smallest absolute Gasteiger partial charge is 0.184 e. The van der Waals surface area contributed by atoms with Crippen LogP contribution in [0.15, 0.2) is 97.1 Å². The molecular formula is C32H22N2O2. The van der Waals surface area contributed by atoms with E-state index in [0.29, 0.717) is 13.1 Å². The van der Waals surface area contributed by atoms with Gasteiger partial charge < -0.3 is 10.6 Å². The van der Waals surface area contributed by atoms with Gasteiger partial charge in [-0.25, -0.2) is 0 Å². The van der Waals surface area contributed by atoms with Gasteiger partial charge in [-0.3, -0.25) is 9.59 Å². The third-order valence-electron chi connectivity index (χ3n) is 7.21. The van der Waals surface area contributed by atoms with E-state index in [1.807, 2.05) is 36.4 Å². The van der Waals surface area contributed by atoms with Crippen LogP contribution in [0, 0.1) is 0 Å². The fourth-order valence-corrected chi connectivity index (χ4v) is 5.45. The lowest BCUT2D eigenvalue weighted by Gasteiger charge is -2.06. The zero-order valence-corrected chi connectivity index (χ0v) is 19.5. The molecule has 0 atom stereocenters. The average molecular weight is 467 g/mol. The van der Waals surface area contributed by atoms with E-state index >= 15 is 0 Å². The molecule has 36 heavy (non-hydrogen) atoms. The standard InChI is InChI=1S/2C16H11NO/c2*18-15-9-17-14-6-5-12-7-10-3-1-2-4-11(10)8-13(12)16(14)15/h2*1-8,17H,9H2. The van der Waals surface area contributed by atoms with Crippen LogP contribution in [0.4, 0.5) is 11.4 Å². The lowest BCUT2D eigenvalue weighted by Crippen LogP contribution is -2.01. The van der Waals surface area contributed by atoms with E-state index in [2.05, 4.69) is 71.3 Å². The monoisotopic (exact) mass is 466 g/mol. The van der Waals surface area contributed by atoms with Crippen LogP contribution in [0.2, 0.25) is 0 Å². The predicted octanol–water partition coefficient (Wildman–Crippen LogP) is 7.20. The molecule has 0 spiro atoms. The summed E-state index contributed by atoms with van der Waals surface area (Å²) in [6, 6.07) is 33.2. The van der Waals surface area contributed by atoms with Crippen molar-refractivity contribution in [2.45, 2.75) is 0 Å². The summed E-state index contributed by atoms with van der Waals surface area (Å²) in [4.78, 5) is 23.9. The molecule has 2 aliphatic heterocycles. The molecule has 172 valence electrons. The molecule has 0 bridgehead atoms. The minimum Gasteiger partial charge on any atom is -0.377 e. The summed E-state index contributed by atoms with van der Waals surface area (Å²) in [5.41, 5.74) is 3.61. The third-order valence-corrected chi connectivity index (χ3v) is 7.21. The fraction of sp³-hybridized carbons (Fsp3) is 0.0625. The van der Waals surface area contributed by atoms with Gasteiger partial charge in [0.2, 0.25) is 0 Å². The first-order chi connectivity index (χ1) is 17.7. The number of carbonyl (C=O) groups excluding carboxylic acids is 2. The Labute approximate surface area is 207 Å². The van der Waals surface area contributed by atoms with E-state index in [4.69, 9.17) is 0 Å². The Morgan fingerprint density at radius 3 is 1.25 bits per heavy atom. The van der Waals surface area contributed by atoms with Crippen molar-refractivity contribution in [1.29, 1.82) is 0 Å². The molecule has 0 unspecified atom stereocenters. The van der Waals surface area contributed by atoms with E-state index in [-0.39, 0.29) is 11.6 Å².